The van der Waals surface area contributed by atoms with Crippen LogP contribution in [0.2, 0.25) is 5.02 Å². The molecule has 0 aliphatic carbocycles. The van der Waals surface area contributed by atoms with E-state index in [0.717, 1.165) is 17.0 Å². The van der Waals surface area contributed by atoms with E-state index < -0.39 is 0 Å². The lowest BCUT2D eigenvalue weighted by Crippen LogP contribution is -2.14. The monoisotopic (exact) mass is 377 g/mol. The number of benzene rings is 2. The first-order valence-electron chi connectivity index (χ1n) is 8.35. The Bertz CT molecular complexity index is 1120. The number of ether oxygens (including phenoxy) is 1. The lowest BCUT2D eigenvalue weighted by molar-refractivity contribution is 0.102. The Morgan fingerprint density at radius 1 is 1.04 bits per heavy atom. The molecule has 1 N–H and O–H groups in total. The summed E-state index contributed by atoms with van der Waals surface area (Å²) < 4.78 is 7.06. The van der Waals surface area contributed by atoms with Gasteiger partial charge < -0.3 is 10.1 Å². The van der Waals surface area contributed by atoms with E-state index in [1.54, 1.807) is 31.4 Å². The highest BCUT2D eigenvalue weighted by molar-refractivity contribution is 6.34. The molecule has 0 fully saturated rings. The molecule has 0 saturated heterocycles. The molecule has 134 valence electrons. The smallest absolute Gasteiger partial charge is 0.258 e. The molecule has 0 atom stereocenters. The number of hydrogen-bond donors (Lipinski definition) is 1. The van der Waals surface area contributed by atoms with Crippen LogP contribution in [0.4, 0.5) is 5.82 Å². The second-order valence-electron chi connectivity index (χ2n) is 5.90. The van der Waals surface area contributed by atoms with Gasteiger partial charge in [-0.05, 0) is 48.5 Å². The molecular formula is C21H16ClN3O2. The van der Waals surface area contributed by atoms with Gasteiger partial charge in [0.1, 0.15) is 22.9 Å². The molecule has 1 amide bonds. The van der Waals surface area contributed by atoms with Crippen molar-refractivity contribution in [2.24, 2.45) is 0 Å². The van der Waals surface area contributed by atoms with Crippen LogP contribution < -0.4 is 10.1 Å². The largest absolute Gasteiger partial charge is 0.497 e. The first-order valence-corrected chi connectivity index (χ1v) is 8.72. The van der Waals surface area contributed by atoms with Crippen molar-refractivity contribution in [3.63, 3.8) is 0 Å². The maximum atomic E-state index is 12.8. The third kappa shape index (κ3) is 3.25. The van der Waals surface area contributed by atoms with Crippen LogP contribution in [0, 0.1) is 0 Å². The first-order chi connectivity index (χ1) is 13.2. The second-order valence-corrected chi connectivity index (χ2v) is 6.31. The van der Waals surface area contributed by atoms with E-state index >= 15 is 0 Å². The fourth-order valence-electron chi connectivity index (χ4n) is 2.89. The molecule has 0 aliphatic heterocycles. The van der Waals surface area contributed by atoms with Crippen molar-refractivity contribution >= 4 is 29.0 Å². The third-order valence-electron chi connectivity index (χ3n) is 4.24. The summed E-state index contributed by atoms with van der Waals surface area (Å²) in [6.45, 7) is 0. The molecule has 2 aromatic heterocycles. The minimum Gasteiger partial charge on any atom is -0.497 e. The van der Waals surface area contributed by atoms with E-state index in [2.05, 4.69) is 10.3 Å². The van der Waals surface area contributed by atoms with Crippen LogP contribution in [-0.2, 0) is 0 Å². The number of aromatic nitrogens is 2. The van der Waals surface area contributed by atoms with Gasteiger partial charge in [0.25, 0.3) is 5.91 Å². The van der Waals surface area contributed by atoms with E-state index in [1.807, 2.05) is 53.1 Å². The number of carbonyl (C=O) groups excluding carboxylic acids is 1. The van der Waals surface area contributed by atoms with E-state index in [9.17, 15) is 4.79 Å². The SMILES string of the molecule is COc1ccc(-c2nc3ccccn3c2NC(=O)c2ccccc2Cl)cc1. The summed E-state index contributed by atoms with van der Waals surface area (Å²) in [7, 11) is 1.62. The highest BCUT2D eigenvalue weighted by Crippen LogP contribution is 2.30. The van der Waals surface area contributed by atoms with Crippen molar-refractivity contribution < 1.29 is 9.53 Å². The fourth-order valence-corrected chi connectivity index (χ4v) is 3.11. The van der Waals surface area contributed by atoms with Crippen LogP contribution in [0.5, 0.6) is 5.75 Å². The molecule has 2 aromatic carbocycles. The quantitative estimate of drug-likeness (QED) is 0.549. The normalized spacial score (nSPS) is 10.7. The summed E-state index contributed by atoms with van der Waals surface area (Å²) in [6.07, 6.45) is 1.86. The van der Waals surface area contributed by atoms with Crippen molar-refractivity contribution in [3.05, 3.63) is 83.5 Å². The number of imidazole rings is 1. The van der Waals surface area contributed by atoms with Crippen LogP contribution in [0.3, 0.4) is 0 Å². The van der Waals surface area contributed by atoms with Gasteiger partial charge in [-0.1, -0.05) is 29.8 Å². The fraction of sp³-hybridized carbons (Fsp3) is 0.0476. The molecule has 0 unspecified atom stereocenters. The van der Waals surface area contributed by atoms with Crippen LogP contribution in [-0.4, -0.2) is 22.4 Å². The number of hydrogen-bond acceptors (Lipinski definition) is 3. The summed E-state index contributed by atoms with van der Waals surface area (Å²) in [5.41, 5.74) is 2.68. The Morgan fingerprint density at radius 2 is 1.78 bits per heavy atom. The van der Waals surface area contributed by atoms with Gasteiger partial charge in [0.2, 0.25) is 0 Å². The highest BCUT2D eigenvalue weighted by Gasteiger charge is 2.18. The molecule has 0 radical (unpaired) electrons. The van der Waals surface area contributed by atoms with Gasteiger partial charge in [-0.2, -0.15) is 0 Å². The zero-order valence-corrected chi connectivity index (χ0v) is 15.3. The number of nitrogens with one attached hydrogen (secondary N) is 1. The minimum atomic E-state index is -0.291. The van der Waals surface area contributed by atoms with Crippen LogP contribution in [0.15, 0.2) is 72.9 Å². The molecule has 0 aliphatic rings. The molecule has 0 saturated carbocycles. The topological polar surface area (TPSA) is 55.6 Å². The van der Waals surface area contributed by atoms with Gasteiger partial charge >= 0.3 is 0 Å². The van der Waals surface area contributed by atoms with Crippen LogP contribution in [0.1, 0.15) is 10.4 Å². The van der Waals surface area contributed by atoms with Crippen molar-refractivity contribution in [2.45, 2.75) is 0 Å². The lowest BCUT2D eigenvalue weighted by atomic mass is 10.1. The number of fused-ring (bicyclic) bond motifs is 1. The Labute approximate surface area is 161 Å². The van der Waals surface area contributed by atoms with Gasteiger partial charge in [-0.15, -0.1) is 0 Å². The van der Waals surface area contributed by atoms with Gasteiger partial charge in [-0.3, -0.25) is 9.20 Å². The van der Waals surface area contributed by atoms with Crippen LogP contribution in [0.25, 0.3) is 16.9 Å². The summed E-state index contributed by atoms with van der Waals surface area (Å²) in [5.74, 6) is 1.05. The molecule has 27 heavy (non-hydrogen) atoms. The van der Waals surface area contributed by atoms with Gasteiger partial charge in [0.15, 0.2) is 0 Å². The standard InChI is InChI=1S/C21H16ClN3O2/c1-27-15-11-9-14(10-12-15)19-20(25-13-5-4-8-18(25)23-19)24-21(26)16-6-2-3-7-17(16)22/h2-13H,1H3,(H,24,26). The summed E-state index contributed by atoms with van der Waals surface area (Å²) in [4.78, 5) is 17.5. The second kappa shape index (κ2) is 7.13. The molecule has 0 spiro atoms. The first kappa shape index (κ1) is 17.1. The molecule has 4 aromatic rings. The molecule has 0 bridgehead atoms. The van der Waals surface area contributed by atoms with E-state index in [1.165, 1.54) is 0 Å². The zero-order chi connectivity index (χ0) is 18.8. The summed E-state index contributed by atoms with van der Waals surface area (Å²) in [6, 6.07) is 20.2. The Hall–Kier alpha value is -3.31. The van der Waals surface area contributed by atoms with E-state index in [0.29, 0.717) is 22.1 Å². The number of amides is 1. The zero-order valence-electron chi connectivity index (χ0n) is 14.5. The predicted octanol–water partition coefficient (Wildman–Crippen LogP) is 4.92. The Balaban J connectivity index is 1.81. The van der Waals surface area contributed by atoms with Crippen molar-refractivity contribution in [1.29, 1.82) is 0 Å². The lowest BCUT2D eigenvalue weighted by Gasteiger charge is -2.09. The number of anilines is 1. The van der Waals surface area contributed by atoms with E-state index in [4.69, 9.17) is 16.3 Å². The Morgan fingerprint density at radius 3 is 2.52 bits per heavy atom. The minimum absolute atomic E-state index is 0.291. The van der Waals surface area contributed by atoms with Crippen molar-refractivity contribution in [3.8, 4) is 17.0 Å². The number of rotatable bonds is 4. The average Bonchev–Trinajstić information content (AvgIpc) is 3.07. The molecule has 2 heterocycles. The highest BCUT2D eigenvalue weighted by atomic mass is 35.5. The Kier molecular flexibility index (Phi) is 4.52. The van der Waals surface area contributed by atoms with Crippen molar-refractivity contribution in [2.75, 3.05) is 12.4 Å². The summed E-state index contributed by atoms with van der Waals surface area (Å²) in [5, 5.41) is 3.36. The van der Waals surface area contributed by atoms with Crippen LogP contribution >= 0.6 is 11.6 Å². The van der Waals surface area contributed by atoms with E-state index in [-0.39, 0.29) is 5.91 Å². The number of methoxy groups -OCH3 is 1. The van der Waals surface area contributed by atoms with Gasteiger partial charge in [-0.25, -0.2) is 4.98 Å². The molecule has 4 rings (SSSR count). The van der Waals surface area contributed by atoms with Gasteiger partial charge in [0.05, 0.1) is 17.7 Å². The predicted molar refractivity (Wildman–Crippen MR) is 107 cm³/mol. The van der Waals surface area contributed by atoms with Gasteiger partial charge in [0, 0.05) is 11.8 Å². The third-order valence-corrected chi connectivity index (χ3v) is 4.57. The molecule has 6 heteroatoms. The summed E-state index contributed by atoms with van der Waals surface area (Å²) >= 11 is 6.17. The maximum Gasteiger partial charge on any atom is 0.258 e. The number of nitrogens with zero attached hydrogens (tertiary/aromatic N) is 2. The average molecular weight is 378 g/mol. The number of carbonyl (C=O) groups is 1. The number of halogens is 1. The van der Waals surface area contributed by atoms with Crippen molar-refractivity contribution in [1.82, 2.24) is 9.38 Å². The molecule has 5 nitrogen and oxygen atoms in total. The number of pyridine rings is 1. The maximum absolute atomic E-state index is 12.8. The molecular weight excluding hydrogens is 362 g/mol.